The molecule has 0 N–H and O–H groups in total. The molecule has 2 bridgehead atoms. The molecule has 3 aliphatic carbocycles. The van der Waals surface area contributed by atoms with Crippen LogP contribution in [0.4, 0.5) is 0 Å². The van der Waals surface area contributed by atoms with Crippen LogP contribution in [0.15, 0.2) is 11.3 Å². The summed E-state index contributed by atoms with van der Waals surface area (Å²) < 4.78 is 0. The standard InChI is InChI=1S/C12H21N/c1-4-13(3)12-9(2)10-5-7-11(12)8-6-10/h10-11H,4-8H2,1-3H3. The molecule has 0 amide bonds. The molecule has 1 nitrogen and oxygen atoms in total. The van der Waals surface area contributed by atoms with Crippen LogP contribution in [0.5, 0.6) is 0 Å². The number of fused-ring (bicyclic) bond motifs is 2. The van der Waals surface area contributed by atoms with Gasteiger partial charge in [0.2, 0.25) is 0 Å². The Bertz CT molecular complexity index is 221. The van der Waals surface area contributed by atoms with Gasteiger partial charge in [-0.05, 0) is 51.4 Å². The van der Waals surface area contributed by atoms with Gasteiger partial charge in [0.1, 0.15) is 0 Å². The van der Waals surface area contributed by atoms with Crippen molar-refractivity contribution in [1.82, 2.24) is 4.90 Å². The molecule has 0 atom stereocenters. The molecule has 74 valence electrons. The van der Waals surface area contributed by atoms with Crippen LogP contribution >= 0.6 is 0 Å². The second-order valence-electron chi connectivity index (χ2n) is 4.63. The highest BCUT2D eigenvalue weighted by Crippen LogP contribution is 2.45. The monoisotopic (exact) mass is 179 g/mol. The zero-order chi connectivity index (χ0) is 9.42. The highest BCUT2D eigenvalue weighted by molar-refractivity contribution is 5.23. The highest BCUT2D eigenvalue weighted by Gasteiger charge is 2.34. The number of hydrogen-bond acceptors (Lipinski definition) is 1. The normalized spacial score (nSPS) is 32.5. The van der Waals surface area contributed by atoms with E-state index in [0.717, 1.165) is 18.4 Å². The van der Waals surface area contributed by atoms with E-state index in [9.17, 15) is 0 Å². The van der Waals surface area contributed by atoms with Crippen molar-refractivity contribution >= 4 is 0 Å². The SMILES string of the molecule is CCN(C)C1=C(C)C2CCC1CC2. The van der Waals surface area contributed by atoms with Crippen LogP contribution < -0.4 is 0 Å². The van der Waals surface area contributed by atoms with E-state index in [1.807, 2.05) is 0 Å². The summed E-state index contributed by atoms with van der Waals surface area (Å²) in [5.41, 5.74) is 3.39. The van der Waals surface area contributed by atoms with E-state index in [0.29, 0.717) is 0 Å². The van der Waals surface area contributed by atoms with Crippen molar-refractivity contribution in [3.05, 3.63) is 11.3 Å². The Morgan fingerprint density at radius 3 is 2.15 bits per heavy atom. The van der Waals surface area contributed by atoms with E-state index in [-0.39, 0.29) is 0 Å². The molecule has 3 rings (SSSR count). The van der Waals surface area contributed by atoms with Crippen LogP contribution in [0.2, 0.25) is 0 Å². The molecule has 13 heavy (non-hydrogen) atoms. The molecule has 0 saturated heterocycles. The first-order chi connectivity index (χ1) is 6.24. The summed E-state index contributed by atoms with van der Waals surface area (Å²) in [6, 6.07) is 0. The minimum Gasteiger partial charge on any atom is -0.378 e. The average molecular weight is 179 g/mol. The smallest absolute Gasteiger partial charge is 0.0153 e. The molecule has 0 aromatic carbocycles. The van der Waals surface area contributed by atoms with Crippen molar-refractivity contribution < 1.29 is 0 Å². The van der Waals surface area contributed by atoms with E-state index in [4.69, 9.17) is 0 Å². The van der Waals surface area contributed by atoms with E-state index >= 15 is 0 Å². The molecule has 0 unspecified atom stereocenters. The Morgan fingerprint density at radius 1 is 1.15 bits per heavy atom. The molecule has 0 heterocycles. The third-order valence-electron chi connectivity index (χ3n) is 4.02. The van der Waals surface area contributed by atoms with Gasteiger partial charge in [0, 0.05) is 19.3 Å². The summed E-state index contributed by atoms with van der Waals surface area (Å²) in [6.45, 7) is 5.77. The van der Waals surface area contributed by atoms with Crippen molar-refractivity contribution in [3.63, 3.8) is 0 Å². The molecule has 0 aromatic rings. The van der Waals surface area contributed by atoms with Gasteiger partial charge < -0.3 is 4.90 Å². The quantitative estimate of drug-likeness (QED) is 0.630. The summed E-state index contributed by atoms with van der Waals surface area (Å²) in [6.07, 6.45) is 5.80. The van der Waals surface area contributed by atoms with Crippen LogP contribution in [0, 0.1) is 11.8 Å². The highest BCUT2D eigenvalue weighted by atomic mass is 15.1. The van der Waals surface area contributed by atoms with Crippen molar-refractivity contribution in [2.45, 2.75) is 39.5 Å². The van der Waals surface area contributed by atoms with Gasteiger partial charge in [0.25, 0.3) is 0 Å². The molecule has 0 aliphatic heterocycles. The van der Waals surface area contributed by atoms with Crippen molar-refractivity contribution in [1.29, 1.82) is 0 Å². The fraction of sp³-hybridized carbons (Fsp3) is 0.833. The van der Waals surface area contributed by atoms with Gasteiger partial charge in [-0.15, -0.1) is 0 Å². The van der Waals surface area contributed by atoms with Crippen LogP contribution in [0.3, 0.4) is 0 Å². The zero-order valence-electron chi connectivity index (χ0n) is 9.14. The minimum absolute atomic E-state index is 0.898. The molecule has 1 fully saturated rings. The van der Waals surface area contributed by atoms with Crippen molar-refractivity contribution in [2.75, 3.05) is 13.6 Å². The van der Waals surface area contributed by atoms with Crippen LogP contribution in [-0.2, 0) is 0 Å². The first-order valence-electron chi connectivity index (χ1n) is 5.65. The predicted octanol–water partition coefficient (Wildman–Crippen LogP) is 3.03. The molecule has 0 radical (unpaired) electrons. The Hall–Kier alpha value is -0.460. The summed E-state index contributed by atoms with van der Waals surface area (Å²) in [5, 5.41) is 0. The van der Waals surface area contributed by atoms with Gasteiger partial charge in [0.05, 0.1) is 0 Å². The number of nitrogens with zero attached hydrogens (tertiary/aromatic N) is 1. The fourth-order valence-corrected chi connectivity index (χ4v) is 3.11. The van der Waals surface area contributed by atoms with E-state index in [1.165, 1.54) is 25.7 Å². The van der Waals surface area contributed by atoms with Gasteiger partial charge in [-0.2, -0.15) is 0 Å². The third kappa shape index (κ3) is 1.38. The van der Waals surface area contributed by atoms with Crippen molar-refractivity contribution in [2.24, 2.45) is 11.8 Å². The maximum atomic E-state index is 2.46. The van der Waals surface area contributed by atoms with Crippen LogP contribution in [-0.4, -0.2) is 18.5 Å². The molecule has 1 saturated carbocycles. The largest absolute Gasteiger partial charge is 0.378 e. The second-order valence-corrected chi connectivity index (χ2v) is 4.63. The summed E-state index contributed by atoms with van der Waals surface area (Å²) in [5.74, 6) is 1.82. The first kappa shape index (κ1) is 9.11. The average Bonchev–Trinajstić information content (AvgIpc) is 2.18. The maximum Gasteiger partial charge on any atom is 0.0153 e. The molecular formula is C12H21N. The lowest BCUT2D eigenvalue weighted by Gasteiger charge is -2.42. The Balaban J connectivity index is 2.28. The van der Waals surface area contributed by atoms with Crippen LogP contribution in [0.25, 0.3) is 0 Å². The summed E-state index contributed by atoms with van der Waals surface area (Å²) in [4.78, 5) is 2.46. The topological polar surface area (TPSA) is 3.24 Å². The lowest BCUT2D eigenvalue weighted by atomic mass is 9.69. The van der Waals surface area contributed by atoms with E-state index in [2.05, 4.69) is 25.8 Å². The lowest BCUT2D eigenvalue weighted by molar-refractivity contribution is 0.232. The van der Waals surface area contributed by atoms with Gasteiger partial charge >= 0.3 is 0 Å². The first-order valence-corrected chi connectivity index (χ1v) is 5.65. The van der Waals surface area contributed by atoms with Gasteiger partial charge in [-0.1, -0.05) is 5.57 Å². The Morgan fingerprint density at radius 2 is 1.69 bits per heavy atom. The molecule has 0 aromatic heterocycles. The summed E-state index contributed by atoms with van der Waals surface area (Å²) >= 11 is 0. The number of allylic oxidation sites excluding steroid dienone is 2. The lowest BCUT2D eigenvalue weighted by Crippen LogP contribution is -2.33. The van der Waals surface area contributed by atoms with Gasteiger partial charge in [0.15, 0.2) is 0 Å². The summed E-state index contributed by atoms with van der Waals surface area (Å²) in [7, 11) is 2.25. The van der Waals surface area contributed by atoms with Gasteiger partial charge in [-0.25, -0.2) is 0 Å². The molecule has 1 heteroatoms. The van der Waals surface area contributed by atoms with E-state index in [1.54, 1.807) is 11.3 Å². The number of rotatable bonds is 2. The van der Waals surface area contributed by atoms with Gasteiger partial charge in [-0.3, -0.25) is 0 Å². The minimum atomic E-state index is 0.898. The molecule has 0 spiro atoms. The fourth-order valence-electron chi connectivity index (χ4n) is 3.11. The zero-order valence-corrected chi connectivity index (χ0v) is 9.14. The third-order valence-corrected chi connectivity index (χ3v) is 4.02. The van der Waals surface area contributed by atoms with Crippen molar-refractivity contribution in [3.8, 4) is 0 Å². The predicted molar refractivity (Wildman–Crippen MR) is 56.5 cm³/mol. The van der Waals surface area contributed by atoms with E-state index < -0.39 is 0 Å². The Kier molecular flexibility index (Phi) is 2.35. The molecule has 3 aliphatic rings. The second kappa shape index (κ2) is 3.36. The number of hydrogen-bond donors (Lipinski definition) is 0. The molecular weight excluding hydrogens is 158 g/mol. The van der Waals surface area contributed by atoms with Crippen LogP contribution in [0.1, 0.15) is 39.5 Å². The maximum absolute atomic E-state index is 2.46. The Labute approximate surface area is 81.8 Å².